The Labute approximate surface area is 86.6 Å². The number of rotatable bonds is 3. The van der Waals surface area contributed by atoms with Gasteiger partial charge in [0.2, 0.25) is 5.91 Å². The summed E-state index contributed by atoms with van der Waals surface area (Å²) in [6.45, 7) is 0. The van der Waals surface area contributed by atoms with Crippen LogP contribution in [0.5, 0.6) is 5.75 Å². The lowest BCUT2D eigenvalue weighted by Crippen LogP contribution is -2.12. The monoisotopic (exact) mass is 205 g/mol. The van der Waals surface area contributed by atoms with Crippen LogP contribution in [0.15, 0.2) is 28.7 Å². The fourth-order valence-corrected chi connectivity index (χ4v) is 1.46. The Morgan fingerprint density at radius 1 is 1.47 bits per heavy atom. The number of carbonyl (C=O) groups is 1. The van der Waals surface area contributed by atoms with E-state index in [1.807, 2.05) is 6.07 Å². The smallest absolute Gasteiger partial charge is 0.225 e. The van der Waals surface area contributed by atoms with Crippen molar-refractivity contribution in [3.8, 4) is 5.75 Å². The number of amides is 1. The minimum absolute atomic E-state index is 0.122. The summed E-state index contributed by atoms with van der Waals surface area (Å²) in [5.74, 6) is 0.931. The highest BCUT2D eigenvalue weighted by atomic mass is 16.5. The van der Waals surface area contributed by atoms with Crippen molar-refractivity contribution in [3.05, 3.63) is 30.0 Å². The third-order valence-electron chi connectivity index (χ3n) is 2.12. The van der Waals surface area contributed by atoms with Gasteiger partial charge < -0.3 is 14.9 Å². The molecule has 1 aromatic heterocycles. The summed E-state index contributed by atoms with van der Waals surface area (Å²) in [5, 5.41) is 0.908. The Morgan fingerprint density at radius 3 is 2.93 bits per heavy atom. The zero-order chi connectivity index (χ0) is 10.8. The summed E-state index contributed by atoms with van der Waals surface area (Å²) < 4.78 is 10.5. The molecule has 2 aromatic rings. The number of primary amides is 1. The van der Waals surface area contributed by atoms with E-state index in [2.05, 4.69) is 0 Å². The van der Waals surface area contributed by atoms with Crippen LogP contribution < -0.4 is 10.5 Å². The van der Waals surface area contributed by atoms with Gasteiger partial charge in [0.15, 0.2) is 0 Å². The molecule has 4 nitrogen and oxygen atoms in total. The van der Waals surface area contributed by atoms with E-state index in [4.69, 9.17) is 14.9 Å². The van der Waals surface area contributed by atoms with E-state index in [0.717, 1.165) is 16.7 Å². The summed E-state index contributed by atoms with van der Waals surface area (Å²) in [4.78, 5) is 10.7. The van der Waals surface area contributed by atoms with Crippen molar-refractivity contribution in [2.75, 3.05) is 7.11 Å². The number of furan rings is 1. The zero-order valence-electron chi connectivity index (χ0n) is 8.32. The normalized spacial score (nSPS) is 10.5. The van der Waals surface area contributed by atoms with Gasteiger partial charge in [-0.3, -0.25) is 4.79 Å². The van der Waals surface area contributed by atoms with Gasteiger partial charge in [0, 0.05) is 5.39 Å². The van der Waals surface area contributed by atoms with Crippen LogP contribution in [-0.4, -0.2) is 13.0 Å². The van der Waals surface area contributed by atoms with Crippen molar-refractivity contribution >= 4 is 16.9 Å². The van der Waals surface area contributed by atoms with E-state index in [1.54, 1.807) is 25.3 Å². The number of methoxy groups -OCH3 is 1. The molecule has 0 bridgehead atoms. The van der Waals surface area contributed by atoms with Crippen LogP contribution in [0.2, 0.25) is 0 Å². The van der Waals surface area contributed by atoms with Crippen LogP contribution in [0.4, 0.5) is 0 Å². The van der Waals surface area contributed by atoms with E-state index < -0.39 is 5.91 Å². The predicted octanol–water partition coefficient (Wildman–Crippen LogP) is 1.47. The summed E-state index contributed by atoms with van der Waals surface area (Å²) in [7, 11) is 1.60. The molecule has 0 aliphatic carbocycles. The highest BCUT2D eigenvalue weighted by Crippen LogP contribution is 2.24. The van der Waals surface area contributed by atoms with Gasteiger partial charge in [-0.2, -0.15) is 0 Å². The van der Waals surface area contributed by atoms with Gasteiger partial charge in [0.05, 0.1) is 13.5 Å². The maximum atomic E-state index is 10.7. The second-order valence-corrected chi connectivity index (χ2v) is 3.26. The number of carbonyl (C=O) groups excluding carboxylic acids is 1. The lowest BCUT2D eigenvalue weighted by atomic mass is 10.2. The Balaban J connectivity index is 2.42. The fourth-order valence-electron chi connectivity index (χ4n) is 1.46. The maximum absolute atomic E-state index is 10.7. The molecule has 4 heteroatoms. The van der Waals surface area contributed by atoms with Crippen LogP contribution in [0, 0.1) is 0 Å². The second-order valence-electron chi connectivity index (χ2n) is 3.26. The Hall–Kier alpha value is -1.97. The third kappa shape index (κ3) is 1.93. The minimum Gasteiger partial charge on any atom is -0.497 e. The summed E-state index contributed by atoms with van der Waals surface area (Å²) in [6.07, 6.45) is 0.122. The topological polar surface area (TPSA) is 65.5 Å². The molecule has 0 saturated heterocycles. The van der Waals surface area contributed by atoms with Crippen LogP contribution in [-0.2, 0) is 11.2 Å². The highest BCUT2D eigenvalue weighted by Gasteiger charge is 2.06. The van der Waals surface area contributed by atoms with Crippen LogP contribution >= 0.6 is 0 Å². The first-order valence-corrected chi connectivity index (χ1v) is 4.54. The Kier molecular flexibility index (Phi) is 2.33. The van der Waals surface area contributed by atoms with Crippen LogP contribution in [0.3, 0.4) is 0 Å². The fraction of sp³-hybridized carbons (Fsp3) is 0.182. The van der Waals surface area contributed by atoms with E-state index in [9.17, 15) is 4.79 Å². The van der Waals surface area contributed by atoms with Crippen LogP contribution in [0.25, 0.3) is 11.0 Å². The molecule has 2 N–H and O–H groups in total. The van der Waals surface area contributed by atoms with Gasteiger partial charge in [-0.15, -0.1) is 0 Å². The molecule has 0 aliphatic rings. The molecular formula is C11H11NO3. The molecule has 0 atom stereocenters. The van der Waals surface area contributed by atoms with E-state index in [0.29, 0.717) is 5.76 Å². The Morgan fingerprint density at radius 2 is 2.27 bits per heavy atom. The summed E-state index contributed by atoms with van der Waals surface area (Å²) in [6, 6.07) is 7.25. The largest absolute Gasteiger partial charge is 0.497 e. The SMILES string of the molecule is COc1ccc2oc(CC(N)=O)cc2c1. The quantitative estimate of drug-likeness (QED) is 0.825. The molecule has 1 heterocycles. The number of hydrogen-bond acceptors (Lipinski definition) is 3. The van der Waals surface area contributed by atoms with Crippen molar-refractivity contribution in [1.29, 1.82) is 0 Å². The summed E-state index contributed by atoms with van der Waals surface area (Å²) in [5.41, 5.74) is 5.81. The van der Waals surface area contributed by atoms with Crippen molar-refractivity contribution in [2.24, 2.45) is 5.73 Å². The standard InChI is InChI=1S/C11H11NO3/c1-14-8-2-3-10-7(4-8)5-9(15-10)6-11(12)13/h2-5H,6H2,1H3,(H2,12,13). The molecule has 0 radical (unpaired) electrons. The van der Waals surface area contributed by atoms with Crippen molar-refractivity contribution < 1.29 is 13.9 Å². The van der Waals surface area contributed by atoms with E-state index in [-0.39, 0.29) is 6.42 Å². The molecule has 0 unspecified atom stereocenters. The van der Waals surface area contributed by atoms with E-state index >= 15 is 0 Å². The van der Waals surface area contributed by atoms with Gasteiger partial charge in [0.25, 0.3) is 0 Å². The van der Waals surface area contributed by atoms with Gasteiger partial charge in [-0.05, 0) is 24.3 Å². The molecule has 0 saturated carbocycles. The number of ether oxygens (including phenoxy) is 1. The molecule has 1 aromatic carbocycles. The first-order valence-electron chi connectivity index (χ1n) is 4.54. The lowest BCUT2D eigenvalue weighted by Gasteiger charge is -1.96. The minimum atomic E-state index is -0.402. The molecule has 0 fully saturated rings. The third-order valence-corrected chi connectivity index (χ3v) is 2.12. The van der Waals surface area contributed by atoms with Crippen molar-refractivity contribution in [3.63, 3.8) is 0 Å². The lowest BCUT2D eigenvalue weighted by molar-refractivity contribution is -0.117. The molecule has 1 amide bonds. The first-order chi connectivity index (χ1) is 7.19. The number of nitrogens with two attached hydrogens (primary N) is 1. The van der Waals surface area contributed by atoms with Gasteiger partial charge in [-0.1, -0.05) is 0 Å². The molecule has 0 spiro atoms. The predicted molar refractivity (Wildman–Crippen MR) is 55.7 cm³/mol. The number of hydrogen-bond donors (Lipinski definition) is 1. The molecular weight excluding hydrogens is 194 g/mol. The average molecular weight is 205 g/mol. The number of benzene rings is 1. The molecule has 0 aliphatic heterocycles. The number of fused-ring (bicyclic) bond motifs is 1. The second kappa shape index (κ2) is 3.65. The average Bonchev–Trinajstić information content (AvgIpc) is 2.57. The summed E-state index contributed by atoms with van der Waals surface area (Å²) >= 11 is 0. The van der Waals surface area contributed by atoms with Crippen molar-refractivity contribution in [2.45, 2.75) is 6.42 Å². The first kappa shape index (κ1) is 9.58. The molecule has 2 rings (SSSR count). The van der Waals surface area contributed by atoms with Gasteiger partial charge >= 0.3 is 0 Å². The van der Waals surface area contributed by atoms with Crippen molar-refractivity contribution in [1.82, 2.24) is 0 Å². The highest BCUT2D eigenvalue weighted by molar-refractivity contribution is 5.82. The molecule has 15 heavy (non-hydrogen) atoms. The molecule has 78 valence electrons. The van der Waals surface area contributed by atoms with Gasteiger partial charge in [0.1, 0.15) is 17.1 Å². The zero-order valence-corrected chi connectivity index (χ0v) is 8.32. The maximum Gasteiger partial charge on any atom is 0.225 e. The van der Waals surface area contributed by atoms with E-state index in [1.165, 1.54) is 0 Å². The van der Waals surface area contributed by atoms with Gasteiger partial charge in [-0.25, -0.2) is 0 Å². The Bertz CT molecular complexity index is 502. The van der Waals surface area contributed by atoms with Crippen LogP contribution in [0.1, 0.15) is 5.76 Å².